The number of carbonyl (C=O) groups is 2. The van der Waals surface area contributed by atoms with Crippen molar-refractivity contribution in [1.82, 2.24) is 24.9 Å². The first-order valence-electron chi connectivity index (χ1n) is 8.27. The van der Waals surface area contributed by atoms with Gasteiger partial charge in [-0.05, 0) is 31.2 Å². The van der Waals surface area contributed by atoms with Crippen LogP contribution in [-0.4, -0.2) is 36.8 Å². The van der Waals surface area contributed by atoms with Crippen LogP contribution >= 0.6 is 11.8 Å². The molecule has 1 atom stereocenters. The van der Waals surface area contributed by atoms with E-state index in [9.17, 15) is 9.59 Å². The van der Waals surface area contributed by atoms with Gasteiger partial charge < -0.3 is 5.32 Å². The number of rotatable bonds is 4. The van der Waals surface area contributed by atoms with E-state index in [2.05, 4.69) is 25.8 Å². The number of H-pyrrole nitrogens is 1. The Balaban J connectivity index is 1.45. The second-order valence-corrected chi connectivity index (χ2v) is 7.14. The molecule has 2 aromatic carbocycles. The molecule has 3 amide bonds. The predicted octanol–water partition coefficient (Wildman–Crippen LogP) is 3.04. The Morgan fingerprint density at radius 2 is 1.85 bits per heavy atom. The molecule has 0 aliphatic carbocycles. The molecule has 0 aliphatic heterocycles. The summed E-state index contributed by atoms with van der Waals surface area (Å²) in [5.41, 5.74) is 2.35. The first-order chi connectivity index (χ1) is 13.1. The summed E-state index contributed by atoms with van der Waals surface area (Å²) < 4.78 is 1.85. The summed E-state index contributed by atoms with van der Waals surface area (Å²) in [6.07, 6.45) is 0. The summed E-state index contributed by atoms with van der Waals surface area (Å²) >= 11 is 1.24. The number of benzene rings is 2. The maximum atomic E-state index is 12.4. The van der Waals surface area contributed by atoms with Crippen LogP contribution in [0.5, 0.6) is 0 Å². The Labute approximate surface area is 158 Å². The van der Waals surface area contributed by atoms with E-state index in [-0.39, 0.29) is 0 Å². The molecule has 2 heterocycles. The highest BCUT2D eigenvalue weighted by Crippen LogP contribution is 2.26. The van der Waals surface area contributed by atoms with Crippen molar-refractivity contribution in [3.63, 3.8) is 0 Å². The van der Waals surface area contributed by atoms with Crippen molar-refractivity contribution < 1.29 is 9.59 Å². The molecule has 0 saturated heterocycles. The number of nitrogens with zero attached hydrogens (tertiary/aromatic N) is 3. The molecule has 3 N–H and O–H groups in total. The zero-order valence-electron chi connectivity index (χ0n) is 14.3. The molecule has 9 heteroatoms. The number of imidazole rings is 1. The highest BCUT2D eigenvalue weighted by molar-refractivity contribution is 8.00. The molecular formula is C18H16N6O2S. The molecule has 8 nitrogen and oxygen atoms in total. The zero-order valence-corrected chi connectivity index (χ0v) is 15.2. The predicted molar refractivity (Wildman–Crippen MR) is 104 cm³/mol. The Hall–Kier alpha value is -3.33. The minimum atomic E-state index is -0.570. The number of hydrogen-bond acceptors (Lipinski definition) is 5. The summed E-state index contributed by atoms with van der Waals surface area (Å²) in [5, 5.41) is 12.1. The van der Waals surface area contributed by atoms with Gasteiger partial charge in [-0.15, -0.1) is 5.10 Å². The lowest BCUT2D eigenvalue weighted by Crippen LogP contribution is -2.38. The maximum Gasteiger partial charge on any atom is 0.325 e. The number of para-hydroxylation sites is 3. The van der Waals surface area contributed by atoms with Gasteiger partial charge >= 0.3 is 6.03 Å². The average Bonchev–Trinajstić information content (AvgIpc) is 3.22. The van der Waals surface area contributed by atoms with Gasteiger partial charge in [-0.1, -0.05) is 42.1 Å². The van der Waals surface area contributed by atoms with Gasteiger partial charge in [0.05, 0.1) is 16.3 Å². The lowest BCUT2D eigenvalue weighted by atomic mass is 10.3. The maximum absolute atomic E-state index is 12.4. The number of urea groups is 1. The molecule has 0 bridgehead atoms. The van der Waals surface area contributed by atoms with Crippen LogP contribution in [0.4, 0.5) is 10.5 Å². The van der Waals surface area contributed by atoms with E-state index in [0.29, 0.717) is 16.6 Å². The SMILES string of the molecule is CC(Sc1n[nH]c2nc3ccccc3n12)C(=O)NC(=O)Nc1ccccc1. The number of thioether (sulfide) groups is 1. The zero-order chi connectivity index (χ0) is 18.8. The highest BCUT2D eigenvalue weighted by atomic mass is 32.2. The largest absolute Gasteiger partial charge is 0.325 e. The van der Waals surface area contributed by atoms with E-state index in [1.807, 2.05) is 34.7 Å². The van der Waals surface area contributed by atoms with E-state index in [0.717, 1.165) is 11.0 Å². The number of imide groups is 1. The fraction of sp³-hybridized carbons (Fsp3) is 0.111. The number of amides is 3. The van der Waals surface area contributed by atoms with Gasteiger partial charge in [0.25, 0.3) is 0 Å². The summed E-state index contributed by atoms with van der Waals surface area (Å²) in [5.74, 6) is 0.196. The average molecular weight is 380 g/mol. The molecule has 0 aliphatic rings. The smallest absolute Gasteiger partial charge is 0.308 e. The van der Waals surface area contributed by atoms with Crippen molar-refractivity contribution in [1.29, 1.82) is 0 Å². The molecule has 27 heavy (non-hydrogen) atoms. The van der Waals surface area contributed by atoms with Gasteiger partial charge in [0.15, 0.2) is 5.16 Å². The highest BCUT2D eigenvalue weighted by Gasteiger charge is 2.21. The van der Waals surface area contributed by atoms with Crippen LogP contribution in [0.25, 0.3) is 16.8 Å². The van der Waals surface area contributed by atoms with Crippen LogP contribution in [-0.2, 0) is 4.79 Å². The van der Waals surface area contributed by atoms with Crippen LogP contribution in [0, 0.1) is 0 Å². The van der Waals surface area contributed by atoms with Gasteiger partial charge in [0, 0.05) is 5.69 Å². The molecule has 0 fully saturated rings. The van der Waals surface area contributed by atoms with Crippen molar-refractivity contribution in [3.05, 3.63) is 54.6 Å². The fourth-order valence-corrected chi connectivity index (χ4v) is 3.50. The molecule has 0 saturated carbocycles. The fourth-order valence-electron chi connectivity index (χ4n) is 2.63. The molecule has 2 aromatic heterocycles. The van der Waals surface area contributed by atoms with E-state index in [4.69, 9.17) is 0 Å². The third-order valence-electron chi connectivity index (χ3n) is 3.92. The summed E-state index contributed by atoms with van der Waals surface area (Å²) in [6.45, 7) is 1.72. The number of nitrogens with one attached hydrogen (secondary N) is 3. The van der Waals surface area contributed by atoms with Gasteiger partial charge in [-0.25, -0.2) is 14.9 Å². The summed E-state index contributed by atoms with van der Waals surface area (Å²) in [7, 11) is 0. The normalized spacial score (nSPS) is 12.2. The lowest BCUT2D eigenvalue weighted by Gasteiger charge is -2.11. The van der Waals surface area contributed by atoms with E-state index in [1.54, 1.807) is 31.2 Å². The van der Waals surface area contributed by atoms with E-state index >= 15 is 0 Å². The number of aromatic amines is 1. The van der Waals surface area contributed by atoms with Crippen LogP contribution in [0.2, 0.25) is 0 Å². The van der Waals surface area contributed by atoms with Crippen molar-refractivity contribution in [3.8, 4) is 0 Å². The van der Waals surface area contributed by atoms with Crippen LogP contribution < -0.4 is 10.6 Å². The van der Waals surface area contributed by atoms with Crippen molar-refractivity contribution in [2.24, 2.45) is 0 Å². The van der Waals surface area contributed by atoms with E-state index in [1.165, 1.54) is 11.8 Å². The standard InChI is InChI=1S/C18H16N6O2S/c1-11(15(25)21-17(26)19-12-7-3-2-4-8-12)27-18-23-22-16-20-13-9-5-6-10-14(13)24(16)18/h2-11H,1H3,(H,20,22)(H2,19,21,25,26). The lowest BCUT2D eigenvalue weighted by molar-refractivity contribution is -0.119. The van der Waals surface area contributed by atoms with Crippen molar-refractivity contribution in [2.45, 2.75) is 17.3 Å². The Morgan fingerprint density at radius 3 is 2.67 bits per heavy atom. The topological polar surface area (TPSA) is 104 Å². The molecule has 4 aromatic rings. The number of hydrogen-bond donors (Lipinski definition) is 3. The van der Waals surface area contributed by atoms with Crippen LogP contribution in [0.1, 0.15) is 6.92 Å². The van der Waals surface area contributed by atoms with Gasteiger partial charge in [0.1, 0.15) is 0 Å². The monoisotopic (exact) mass is 380 g/mol. The second kappa shape index (κ2) is 7.12. The molecule has 4 rings (SSSR count). The number of carbonyl (C=O) groups excluding carboxylic acids is 2. The molecular weight excluding hydrogens is 364 g/mol. The van der Waals surface area contributed by atoms with Crippen LogP contribution in [0.3, 0.4) is 0 Å². The Bertz CT molecular complexity index is 1120. The Kier molecular flexibility index (Phi) is 4.51. The van der Waals surface area contributed by atoms with Crippen molar-refractivity contribution >= 4 is 46.2 Å². The Morgan fingerprint density at radius 1 is 1.11 bits per heavy atom. The van der Waals surface area contributed by atoms with Gasteiger partial charge in [-0.2, -0.15) is 0 Å². The quantitative estimate of drug-likeness (QED) is 0.472. The number of fused-ring (bicyclic) bond motifs is 3. The van der Waals surface area contributed by atoms with Gasteiger partial charge in [0.2, 0.25) is 11.7 Å². The van der Waals surface area contributed by atoms with Gasteiger partial charge in [-0.3, -0.25) is 14.5 Å². The first-order valence-corrected chi connectivity index (χ1v) is 9.15. The third kappa shape index (κ3) is 3.49. The second-order valence-electron chi connectivity index (χ2n) is 5.84. The summed E-state index contributed by atoms with van der Waals surface area (Å²) in [6, 6.07) is 16.0. The first kappa shape index (κ1) is 17.1. The van der Waals surface area contributed by atoms with E-state index < -0.39 is 17.2 Å². The molecule has 136 valence electrons. The van der Waals surface area contributed by atoms with Crippen LogP contribution in [0.15, 0.2) is 59.8 Å². The number of aromatic nitrogens is 4. The summed E-state index contributed by atoms with van der Waals surface area (Å²) in [4.78, 5) is 28.8. The number of anilines is 1. The molecule has 1 unspecified atom stereocenters. The van der Waals surface area contributed by atoms with Crippen molar-refractivity contribution in [2.75, 3.05) is 5.32 Å². The molecule has 0 spiro atoms. The molecule has 0 radical (unpaired) electrons. The minimum absolute atomic E-state index is 0.408. The third-order valence-corrected chi connectivity index (χ3v) is 4.98. The minimum Gasteiger partial charge on any atom is -0.308 e.